The van der Waals surface area contributed by atoms with Crippen LogP contribution in [0.4, 0.5) is 5.69 Å². The van der Waals surface area contributed by atoms with Gasteiger partial charge in [-0.2, -0.15) is 0 Å². The van der Waals surface area contributed by atoms with Gasteiger partial charge >= 0.3 is 0 Å². The molecular weight excluding hydrogens is 222 g/mol. The Bertz CT molecular complexity index is 416. The van der Waals surface area contributed by atoms with Crippen molar-refractivity contribution >= 4 is 5.69 Å². The topological polar surface area (TPSA) is 28.2 Å². The van der Waals surface area contributed by atoms with Gasteiger partial charge in [0, 0.05) is 24.3 Å². The van der Waals surface area contributed by atoms with Gasteiger partial charge in [0.15, 0.2) is 0 Å². The molecule has 3 heteroatoms. The van der Waals surface area contributed by atoms with E-state index in [1.54, 1.807) is 0 Å². The summed E-state index contributed by atoms with van der Waals surface area (Å²) in [5, 5.41) is 3.44. The summed E-state index contributed by atoms with van der Waals surface area (Å²) in [7, 11) is 2.07. The van der Waals surface area contributed by atoms with Crippen LogP contribution in [0.3, 0.4) is 0 Å². The Hall–Kier alpha value is -1.09. The van der Waals surface area contributed by atoms with E-state index in [0.29, 0.717) is 18.0 Å². The molecule has 1 aromatic heterocycles. The highest BCUT2D eigenvalue weighted by molar-refractivity contribution is 5.52. The zero-order valence-corrected chi connectivity index (χ0v) is 12.2. The van der Waals surface area contributed by atoms with Crippen LogP contribution in [0.5, 0.6) is 0 Å². The molecule has 1 fully saturated rings. The van der Waals surface area contributed by atoms with Gasteiger partial charge in [0.25, 0.3) is 0 Å². The van der Waals surface area contributed by atoms with E-state index in [1.165, 1.54) is 12.1 Å². The lowest BCUT2D eigenvalue weighted by Crippen LogP contribution is -2.53. The second-order valence-corrected chi connectivity index (χ2v) is 5.53. The first kappa shape index (κ1) is 13.3. The van der Waals surface area contributed by atoms with Crippen LogP contribution in [0, 0.1) is 19.8 Å². The molecule has 2 rings (SSSR count). The number of aromatic nitrogens is 1. The number of hydrogen-bond donors (Lipinski definition) is 1. The molecule has 0 bridgehead atoms. The number of rotatable bonds is 2. The fourth-order valence-corrected chi connectivity index (χ4v) is 3.09. The average Bonchev–Trinajstić information content (AvgIpc) is 2.34. The van der Waals surface area contributed by atoms with Crippen LogP contribution in [-0.4, -0.2) is 30.7 Å². The normalized spacial score (nSPS) is 28.5. The molecule has 1 aliphatic rings. The van der Waals surface area contributed by atoms with Crippen molar-refractivity contribution < 1.29 is 0 Å². The van der Waals surface area contributed by atoms with Crippen LogP contribution in [-0.2, 0) is 0 Å². The Kier molecular flexibility index (Phi) is 3.91. The number of aryl methyl sites for hydroxylation is 2. The second kappa shape index (κ2) is 5.27. The minimum Gasteiger partial charge on any atom is -0.367 e. The van der Waals surface area contributed by atoms with E-state index in [2.05, 4.69) is 62.1 Å². The average molecular weight is 247 g/mol. The maximum atomic E-state index is 4.59. The largest absolute Gasteiger partial charge is 0.367 e. The summed E-state index contributed by atoms with van der Waals surface area (Å²) >= 11 is 0. The third-order valence-corrected chi connectivity index (χ3v) is 4.45. The molecular formula is C15H25N3. The van der Waals surface area contributed by atoms with Gasteiger partial charge in [0.05, 0.1) is 11.4 Å². The Morgan fingerprint density at radius 3 is 2.61 bits per heavy atom. The Morgan fingerprint density at radius 1 is 1.28 bits per heavy atom. The lowest BCUT2D eigenvalue weighted by atomic mass is 9.86. The SMILES string of the molecule is CNC1CCN(c2ccc(C)nc2C)C(C)C1C. The summed E-state index contributed by atoms with van der Waals surface area (Å²) in [5.74, 6) is 0.657. The van der Waals surface area contributed by atoms with Crippen LogP contribution in [0.2, 0.25) is 0 Å². The fraction of sp³-hybridized carbons (Fsp3) is 0.667. The summed E-state index contributed by atoms with van der Waals surface area (Å²) in [5.41, 5.74) is 3.55. The number of nitrogens with zero attached hydrogens (tertiary/aromatic N) is 2. The van der Waals surface area contributed by atoms with E-state index in [1.807, 2.05) is 0 Å². The zero-order chi connectivity index (χ0) is 13.3. The number of piperidine rings is 1. The van der Waals surface area contributed by atoms with Crippen molar-refractivity contribution in [2.45, 2.75) is 46.2 Å². The number of hydrogen-bond acceptors (Lipinski definition) is 3. The zero-order valence-electron chi connectivity index (χ0n) is 12.2. The Balaban J connectivity index is 2.24. The molecule has 1 aromatic rings. The molecule has 3 atom stereocenters. The first-order chi connectivity index (χ1) is 8.54. The molecule has 3 nitrogen and oxygen atoms in total. The summed E-state index contributed by atoms with van der Waals surface area (Å²) in [4.78, 5) is 7.10. The van der Waals surface area contributed by atoms with E-state index in [9.17, 15) is 0 Å². The van der Waals surface area contributed by atoms with Crippen LogP contribution < -0.4 is 10.2 Å². The minimum absolute atomic E-state index is 0.555. The smallest absolute Gasteiger partial charge is 0.0609 e. The summed E-state index contributed by atoms with van der Waals surface area (Å²) in [6, 6.07) is 5.53. The van der Waals surface area contributed by atoms with Crippen molar-refractivity contribution in [2.24, 2.45) is 5.92 Å². The van der Waals surface area contributed by atoms with Gasteiger partial charge in [0.1, 0.15) is 0 Å². The van der Waals surface area contributed by atoms with Crippen LogP contribution in [0.25, 0.3) is 0 Å². The van der Waals surface area contributed by atoms with Crippen molar-refractivity contribution in [2.75, 3.05) is 18.5 Å². The molecule has 0 aromatic carbocycles. The molecule has 0 aliphatic carbocycles. The molecule has 0 spiro atoms. The van der Waals surface area contributed by atoms with Gasteiger partial charge in [-0.15, -0.1) is 0 Å². The second-order valence-electron chi connectivity index (χ2n) is 5.53. The molecule has 1 saturated heterocycles. The lowest BCUT2D eigenvalue weighted by Gasteiger charge is -2.44. The summed E-state index contributed by atoms with van der Waals surface area (Å²) in [6.07, 6.45) is 1.20. The van der Waals surface area contributed by atoms with E-state index in [0.717, 1.165) is 17.9 Å². The fourth-order valence-electron chi connectivity index (χ4n) is 3.09. The number of nitrogens with one attached hydrogen (secondary N) is 1. The van der Waals surface area contributed by atoms with E-state index in [-0.39, 0.29) is 0 Å². The van der Waals surface area contributed by atoms with E-state index < -0.39 is 0 Å². The van der Waals surface area contributed by atoms with Gasteiger partial charge in [0.2, 0.25) is 0 Å². The van der Waals surface area contributed by atoms with E-state index in [4.69, 9.17) is 0 Å². The molecule has 0 radical (unpaired) electrons. The standard InChI is InChI=1S/C15H25N3/c1-10-6-7-15(12(3)17-10)18-9-8-14(16-5)11(2)13(18)4/h6-7,11,13-14,16H,8-9H2,1-5H3. The highest BCUT2D eigenvalue weighted by atomic mass is 15.2. The van der Waals surface area contributed by atoms with Gasteiger partial charge in [-0.25, -0.2) is 0 Å². The van der Waals surface area contributed by atoms with Crippen molar-refractivity contribution in [3.8, 4) is 0 Å². The Morgan fingerprint density at radius 2 is 2.00 bits per heavy atom. The first-order valence-corrected chi connectivity index (χ1v) is 6.92. The van der Waals surface area contributed by atoms with Gasteiger partial charge in [-0.1, -0.05) is 6.92 Å². The number of pyridine rings is 1. The monoisotopic (exact) mass is 247 g/mol. The quantitative estimate of drug-likeness (QED) is 0.870. The maximum absolute atomic E-state index is 4.59. The molecule has 2 heterocycles. The van der Waals surface area contributed by atoms with Crippen LogP contribution in [0.1, 0.15) is 31.7 Å². The van der Waals surface area contributed by atoms with E-state index >= 15 is 0 Å². The molecule has 100 valence electrons. The summed E-state index contributed by atoms with van der Waals surface area (Å²) in [6.45, 7) is 9.95. The maximum Gasteiger partial charge on any atom is 0.0609 e. The van der Waals surface area contributed by atoms with Crippen LogP contribution >= 0.6 is 0 Å². The van der Waals surface area contributed by atoms with Crippen molar-refractivity contribution in [1.82, 2.24) is 10.3 Å². The van der Waals surface area contributed by atoms with Gasteiger partial charge in [-0.05, 0) is 52.3 Å². The minimum atomic E-state index is 0.555. The first-order valence-electron chi connectivity index (χ1n) is 6.92. The lowest BCUT2D eigenvalue weighted by molar-refractivity contribution is 0.282. The third-order valence-electron chi connectivity index (χ3n) is 4.45. The van der Waals surface area contributed by atoms with Crippen molar-refractivity contribution in [3.63, 3.8) is 0 Å². The highest BCUT2D eigenvalue weighted by Gasteiger charge is 2.32. The molecule has 3 unspecified atom stereocenters. The molecule has 0 saturated carbocycles. The third kappa shape index (κ3) is 2.37. The van der Waals surface area contributed by atoms with Crippen molar-refractivity contribution in [3.05, 3.63) is 23.5 Å². The molecule has 1 N–H and O–H groups in total. The molecule has 1 aliphatic heterocycles. The molecule has 0 amide bonds. The predicted octanol–water partition coefficient (Wildman–Crippen LogP) is 2.52. The van der Waals surface area contributed by atoms with Crippen molar-refractivity contribution in [1.29, 1.82) is 0 Å². The van der Waals surface area contributed by atoms with Gasteiger partial charge in [-0.3, -0.25) is 4.98 Å². The highest BCUT2D eigenvalue weighted by Crippen LogP contribution is 2.30. The number of anilines is 1. The molecule has 18 heavy (non-hydrogen) atoms. The Labute approximate surface area is 111 Å². The van der Waals surface area contributed by atoms with Crippen LogP contribution in [0.15, 0.2) is 12.1 Å². The predicted molar refractivity (Wildman–Crippen MR) is 77.1 cm³/mol. The summed E-state index contributed by atoms with van der Waals surface area (Å²) < 4.78 is 0. The van der Waals surface area contributed by atoms with Gasteiger partial charge < -0.3 is 10.2 Å².